The van der Waals surface area contributed by atoms with Gasteiger partial charge in [0, 0.05) is 25.1 Å². The summed E-state index contributed by atoms with van der Waals surface area (Å²) in [5, 5.41) is 11.3. The van der Waals surface area contributed by atoms with Crippen LogP contribution in [0.4, 0.5) is 5.69 Å². The van der Waals surface area contributed by atoms with E-state index < -0.39 is 5.97 Å². The molecule has 0 aromatic heterocycles. The molecule has 0 atom stereocenters. The zero-order valence-electron chi connectivity index (χ0n) is 14.2. The number of carboxylic acid groups (broad SMARTS) is 1. The molecule has 2 N–H and O–H groups in total. The summed E-state index contributed by atoms with van der Waals surface area (Å²) in [5.74, 6) is -0.404. The number of carbonyl (C=O) groups is 3. The fraction of sp³-hybridized carbons (Fsp3) is 0.500. The Morgan fingerprint density at radius 3 is 2.64 bits per heavy atom. The summed E-state index contributed by atoms with van der Waals surface area (Å²) >= 11 is 0. The van der Waals surface area contributed by atoms with Gasteiger partial charge in [0.1, 0.15) is 5.75 Å². The molecule has 0 spiro atoms. The van der Waals surface area contributed by atoms with Gasteiger partial charge in [-0.25, -0.2) is 0 Å². The number of nitrogens with zero attached hydrogens (tertiary/aromatic N) is 1. The van der Waals surface area contributed by atoms with Crippen molar-refractivity contribution in [3.05, 3.63) is 24.3 Å². The Balaban J connectivity index is 1.76. The van der Waals surface area contributed by atoms with Crippen molar-refractivity contribution in [2.24, 2.45) is 0 Å². The minimum absolute atomic E-state index is 0.0396. The van der Waals surface area contributed by atoms with Crippen LogP contribution in [0.15, 0.2) is 24.3 Å². The Morgan fingerprint density at radius 2 is 1.92 bits per heavy atom. The van der Waals surface area contributed by atoms with Gasteiger partial charge in [-0.3, -0.25) is 14.4 Å². The van der Waals surface area contributed by atoms with Crippen LogP contribution >= 0.6 is 0 Å². The van der Waals surface area contributed by atoms with Crippen LogP contribution in [0.5, 0.6) is 5.75 Å². The van der Waals surface area contributed by atoms with E-state index in [1.165, 1.54) is 0 Å². The van der Waals surface area contributed by atoms with Gasteiger partial charge in [-0.2, -0.15) is 0 Å². The molecule has 7 nitrogen and oxygen atoms in total. The molecule has 2 rings (SSSR count). The number of rotatable bonds is 8. The van der Waals surface area contributed by atoms with Crippen molar-refractivity contribution in [1.82, 2.24) is 4.90 Å². The third-order valence-corrected chi connectivity index (χ3v) is 3.95. The number of hydrogen-bond donors (Lipinski definition) is 2. The molecule has 1 fully saturated rings. The molecule has 1 aliphatic rings. The van der Waals surface area contributed by atoms with E-state index in [-0.39, 0.29) is 24.8 Å². The van der Waals surface area contributed by atoms with Crippen LogP contribution in [0.1, 0.15) is 38.5 Å². The molecule has 1 aliphatic heterocycles. The summed E-state index contributed by atoms with van der Waals surface area (Å²) in [6, 6.07) is 6.87. The van der Waals surface area contributed by atoms with E-state index in [2.05, 4.69) is 5.32 Å². The van der Waals surface area contributed by atoms with Crippen molar-refractivity contribution < 1.29 is 24.2 Å². The largest absolute Gasteiger partial charge is 0.494 e. The average Bonchev–Trinajstić information content (AvgIpc) is 2.77. The lowest BCUT2D eigenvalue weighted by Crippen LogP contribution is -2.37. The Kier molecular flexibility index (Phi) is 7.25. The highest BCUT2D eigenvalue weighted by atomic mass is 16.5. The third kappa shape index (κ3) is 6.82. The quantitative estimate of drug-likeness (QED) is 0.703. The van der Waals surface area contributed by atoms with Gasteiger partial charge in [-0.15, -0.1) is 0 Å². The summed E-state index contributed by atoms with van der Waals surface area (Å²) in [6.45, 7) is 1.04. The lowest BCUT2D eigenvalue weighted by atomic mass is 10.2. The number of anilines is 1. The second kappa shape index (κ2) is 9.66. The van der Waals surface area contributed by atoms with E-state index in [1.807, 2.05) is 0 Å². The Labute approximate surface area is 147 Å². The second-order valence-corrected chi connectivity index (χ2v) is 6.04. The van der Waals surface area contributed by atoms with Crippen molar-refractivity contribution in [3.63, 3.8) is 0 Å². The average molecular weight is 348 g/mol. The Bertz CT molecular complexity index is 600. The van der Waals surface area contributed by atoms with Crippen LogP contribution in [0, 0.1) is 0 Å². The minimum Gasteiger partial charge on any atom is -0.494 e. The predicted molar refractivity (Wildman–Crippen MR) is 92.5 cm³/mol. The molecule has 25 heavy (non-hydrogen) atoms. The number of ether oxygens (including phenoxy) is 1. The van der Waals surface area contributed by atoms with Crippen molar-refractivity contribution in [1.29, 1.82) is 0 Å². The molecular weight excluding hydrogens is 324 g/mol. The normalized spacial score (nSPS) is 14.7. The fourth-order valence-electron chi connectivity index (χ4n) is 2.63. The highest BCUT2D eigenvalue weighted by Gasteiger charge is 2.19. The molecule has 0 bridgehead atoms. The second-order valence-electron chi connectivity index (χ2n) is 6.04. The van der Waals surface area contributed by atoms with Gasteiger partial charge < -0.3 is 20.1 Å². The van der Waals surface area contributed by atoms with Gasteiger partial charge in [0.05, 0.1) is 13.2 Å². The lowest BCUT2D eigenvalue weighted by molar-refractivity contribution is -0.137. The molecule has 1 heterocycles. The zero-order chi connectivity index (χ0) is 18.1. The first kappa shape index (κ1) is 18.8. The highest BCUT2D eigenvalue weighted by molar-refractivity contribution is 5.94. The fourth-order valence-corrected chi connectivity index (χ4v) is 2.63. The molecule has 0 radical (unpaired) electrons. The number of nitrogens with one attached hydrogen (secondary N) is 1. The van der Waals surface area contributed by atoms with E-state index in [0.717, 1.165) is 19.3 Å². The third-order valence-electron chi connectivity index (χ3n) is 3.95. The lowest BCUT2D eigenvalue weighted by Gasteiger charge is -2.19. The Hall–Kier alpha value is -2.57. The first-order valence-electron chi connectivity index (χ1n) is 8.57. The van der Waals surface area contributed by atoms with Gasteiger partial charge in [0.15, 0.2) is 0 Å². The van der Waals surface area contributed by atoms with E-state index in [9.17, 15) is 14.4 Å². The summed E-state index contributed by atoms with van der Waals surface area (Å²) in [6.07, 6.45) is 3.89. The van der Waals surface area contributed by atoms with Gasteiger partial charge >= 0.3 is 5.97 Å². The molecule has 7 heteroatoms. The van der Waals surface area contributed by atoms with E-state index in [0.29, 0.717) is 37.4 Å². The zero-order valence-corrected chi connectivity index (χ0v) is 14.2. The molecule has 0 aliphatic carbocycles. The van der Waals surface area contributed by atoms with Gasteiger partial charge in [0.25, 0.3) is 0 Å². The monoisotopic (exact) mass is 348 g/mol. The van der Waals surface area contributed by atoms with Crippen LogP contribution < -0.4 is 10.1 Å². The molecule has 1 aromatic rings. The summed E-state index contributed by atoms with van der Waals surface area (Å²) in [7, 11) is 0. The van der Waals surface area contributed by atoms with E-state index in [1.54, 1.807) is 29.2 Å². The summed E-state index contributed by atoms with van der Waals surface area (Å²) < 4.78 is 5.44. The molecule has 0 unspecified atom stereocenters. The number of carboxylic acids is 1. The number of amides is 2. The highest BCUT2D eigenvalue weighted by Crippen LogP contribution is 2.16. The number of hydrogen-bond acceptors (Lipinski definition) is 4. The number of benzene rings is 1. The molecule has 2 amide bonds. The van der Waals surface area contributed by atoms with Crippen molar-refractivity contribution >= 4 is 23.5 Å². The Morgan fingerprint density at radius 1 is 1.16 bits per heavy atom. The predicted octanol–water partition coefficient (Wildman–Crippen LogP) is 2.27. The van der Waals surface area contributed by atoms with Crippen LogP contribution in [-0.4, -0.2) is 47.5 Å². The first-order chi connectivity index (χ1) is 12.0. The summed E-state index contributed by atoms with van der Waals surface area (Å²) in [4.78, 5) is 36.0. The maximum absolute atomic E-state index is 12.1. The van der Waals surface area contributed by atoms with Gasteiger partial charge in [-0.1, -0.05) is 6.42 Å². The molecule has 0 saturated carbocycles. The van der Waals surface area contributed by atoms with Gasteiger partial charge in [-0.05, 0) is 43.5 Å². The standard InChI is InChI=1S/C18H24N2O5/c21-16(13-20-11-3-1-2-5-17(20)22)19-14-7-9-15(10-8-14)25-12-4-6-18(23)24/h7-10H,1-6,11-13H2,(H,19,21)(H,23,24). The summed E-state index contributed by atoms with van der Waals surface area (Å²) in [5.41, 5.74) is 0.630. The van der Waals surface area contributed by atoms with Gasteiger partial charge in [0.2, 0.25) is 11.8 Å². The number of likely N-dealkylation sites (tertiary alicyclic amines) is 1. The smallest absolute Gasteiger partial charge is 0.303 e. The van der Waals surface area contributed by atoms with Crippen molar-refractivity contribution in [2.75, 3.05) is 25.0 Å². The maximum Gasteiger partial charge on any atom is 0.303 e. The number of aliphatic carboxylic acids is 1. The topological polar surface area (TPSA) is 95.9 Å². The minimum atomic E-state index is -0.843. The van der Waals surface area contributed by atoms with Crippen molar-refractivity contribution in [3.8, 4) is 5.75 Å². The maximum atomic E-state index is 12.1. The first-order valence-corrected chi connectivity index (χ1v) is 8.57. The molecular formula is C18H24N2O5. The number of carbonyl (C=O) groups excluding carboxylic acids is 2. The van der Waals surface area contributed by atoms with Crippen LogP contribution in [-0.2, 0) is 14.4 Å². The SMILES string of the molecule is O=C(O)CCCOc1ccc(NC(=O)CN2CCCCCC2=O)cc1. The van der Waals surface area contributed by atoms with Crippen LogP contribution in [0.3, 0.4) is 0 Å². The van der Waals surface area contributed by atoms with Crippen molar-refractivity contribution in [2.45, 2.75) is 38.5 Å². The van der Waals surface area contributed by atoms with E-state index >= 15 is 0 Å². The van der Waals surface area contributed by atoms with Crippen LogP contribution in [0.2, 0.25) is 0 Å². The molecule has 136 valence electrons. The molecule has 1 saturated heterocycles. The molecule has 1 aromatic carbocycles. The van der Waals surface area contributed by atoms with E-state index in [4.69, 9.17) is 9.84 Å². The van der Waals surface area contributed by atoms with Crippen LogP contribution in [0.25, 0.3) is 0 Å².